The first-order valence-corrected chi connectivity index (χ1v) is 13.5. The van der Waals surface area contributed by atoms with Crippen LogP contribution in [0.3, 0.4) is 0 Å². The summed E-state index contributed by atoms with van der Waals surface area (Å²) in [5.74, 6) is 1.90. The van der Waals surface area contributed by atoms with Crippen molar-refractivity contribution in [2.75, 3.05) is 19.7 Å². The largest absolute Gasteiger partial charge is 0.522 e. The molecule has 7 unspecified atom stereocenters. The number of fused-ring (bicyclic) bond motifs is 5. The Morgan fingerprint density at radius 2 is 2.06 bits per heavy atom. The number of carbonyl (C=O) groups is 1. The molecule has 8 heteroatoms. The monoisotopic (exact) mass is 509 g/mol. The molecule has 5 nitrogen and oxygen atoms in total. The zero-order valence-electron chi connectivity index (χ0n) is 21.5. The fraction of sp³-hybridized carbons (Fsp3) is 0.750. The average Bonchev–Trinajstić information content (AvgIpc) is 3.13. The molecule has 0 spiro atoms. The first kappa shape index (κ1) is 25.8. The standard InChI is InChI=1S/C28H38F3NO4/c1-4-5-18-14-19-15-20(35-26(33)32-12-13-34-17(2)16-32)6-7-21(19)22-10-11-27(3)23(25(18)22)8-9-24(27)36-28(29,30)31/h6-7,15,17-18,22-25H,4-5,8-14,16H2,1-3H3. The third-order valence-corrected chi connectivity index (χ3v) is 9.43. The minimum atomic E-state index is -4.59. The Morgan fingerprint density at radius 3 is 2.78 bits per heavy atom. The number of hydrogen-bond donors (Lipinski definition) is 0. The molecule has 7 atom stereocenters. The van der Waals surface area contributed by atoms with Crippen LogP contribution in [0, 0.1) is 23.2 Å². The predicted molar refractivity (Wildman–Crippen MR) is 129 cm³/mol. The fourth-order valence-corrected chi connectivity index (χ4v) is 7.94. The van der Waals surface area contributed by atoms with E-state index >= 15 is 0 Å². The van der Waals surface area contributed by atoms with Gasteiger partial charge in [0.15, 0.2) is 0 Å². The van der Waals surface area contributed by atoms with Crippen molar-refractivity contribution in [2.45, 2.75) is 90.2 Å². The zero-order valence-corrected chi connectivity index (χ0v) is 21.5. The van der Waals surface area contributed by atoms with E-state index in [9.17, 15) is 18.0 Å². The van der Waals surface area contributed by atoms with Gasteiger partial charge in [-0.2, -0.15) is 0 Å². The molecule has 0 aromatic heterocycles. The van der Waals surface area contributed by atoms with Crippen molar-refractivity contribution in [3.63, 3.8) is 0 Å². The highest BCUT2D eigenvalue weighted by molar-refractivity contribution is 5.71. The number of benzene rings is 1. The van der Waals surface area contributed by atoms with Crippen LogP contribution in [0.25, 0.3) is 0 Å². The minimum Gasteiger partial charge on any atom is -0.410 e. The summed E-state index contributed by atoms with van der Waals surface area (Å²) < 4.78 is 55.4. The fourth-order valence-electron chi connectivity index (χ4n) is 7.94. The Kier molecular flexibility index (Phi) is 7.05. The lowest BCUT2D eigenvalue weighted by atomic mass is 9.52. The van der Waals surface area contributed by atoms with Crippen molar-refractivity contribution in [3.05, 3.63) is 29.3 Å². The average molecular weight is 510 g/mol. The van der Waals surface area contributed by atoms with Crippen LogP contribution < -0.4 is 4.74 Å². The summed E-state index contributed by atoms with van der Waals surface area (Å²) in [6.45, 7) is 7.71. The summed E-state index contributed by atoms with van der Waals surface area (Å²) in [6.07, 6.45) is 0.151. The second-order valence-electron chi connectivity index (χ2n) is 11.6. The van der Waals surface area contributed by atoms with E-state index < -0.39 is 17.9 Å². The maximum Gasteiger partial charge on any atom is 0.522 e. The number of amides is 1. The smallest absolute Gasteiger partial charge is 0.410 e. The van der Waals surface area contributed by atoms with Gasteiger partial charge in [-0.3, -0.25) is 4.74 Å². The molecule has 3 aliphatic carbocycles. The highest BCUT2D eigenvalue weighted by atomic mass is 19.4. The Bertz CT molecular complexity index is 969. The van der Waals surface area contributed by atoms with E-state index in [1.807, 2.05) is 26.0 Å². The summed E-state index contributed by atoms with van der Waals surface area (Å²) in [6, 6.07) is 6.00. The van der Waals surface area contributed by atoms with Gasteiger partial charge in [-0.1, -0.05) is 32.8 Å². The Morgan fingerprint density at radius 1 is 1.25 bits per heavy atom. The van der Waals surface area contributed by atoms with Crippen molar-refractivity contribution in [2.24, 2.45) is 23.2 Å². The van der Waals surface area contributed by atoms with Crippen molar-refractivity contribution in [1.29, 1.82) is 0 Å². The third kappa shape index (κ3) is 4.87. The molecule has 1 amide bonds. The molecule has 1 aromatic rings. The number of rotatable bonds is 4. The van der Waals surface area contributed by atoms with Gasteiger partial charge in [0.1, 0.15) is 5.75 Å². The quantitative estimate of drug-likeness (QED) is 0.454. The number of hydrogen-bond acceptors (Lipinski definition) is 4. The van der Waals surface area contributed by atoms with E-state index in [0.29, 0.717) is 49.6 Å². The van der Waals surface area contributed by atoms with Gasteiger partial charge < -0.3 is 14.4 Å². The third-order valence-electron chi connectivity index (χ3n) is 9.43. The molecule has 0 bridgehead atoms. The molecule has 200 valence electrons. The van der Waals surface area contributed by atoms with Crippen LogP contribution in [0.1, 0.15) is 76.3 Å². The highest BCUT2D eigenvalue weighted by Crippen LogP contribution is 2.63. The van der Waals surface area contributed by atoms with E-state index in [-0.39, 0.29) is 18.1 Å². The van der Waals surface area contributed by atoms with E-state index in [0.717, 1.165) is 38.5 Å². The first-order chi connectivity index (χ1) is 17.1. The molecule has 1 saturated heterocycles. The molecule has 4 aliphatic rings. The molecule has 2 saturated carbocycles. The van der Waals surface area contributed by atoms with Crippen LogP contribution in [-0.2, 0) is 15.9 Å². The van der Waals surface area contributed by atoms with Gasteiger partial charge in [-0.25, -0.2) is 4.79 Å². The van der Waals surface area contributed by atoms with Crippen molar-refractivity contribution in [1.82, 2.24) is 4.90 Å². The molecule has 0 radical (unpaired) electrons. The number of morpholine rings is 1. The summed E-state index contributed by atoms with van der Waals surface area (Å²) >= 11 is 0. The van der Waals surface area contributed by atoms with E-state index in [2.05, 4.69) is 17.7 Å². The van der Waals surface area contributed by atoms with Crippen LogP contribution in [0.4, 0.5) is 18.0 Å². The minimum absolute atomic E-state index is 0.00438. The van der Waals surface area contributed by atoms with Crippen LogP contribution in [0.5, 0.6) is 5.75 Å². The maximum atomic E-state index is 13.2. The second kappa shape index (κ2) is 9.82. The number of halogens is 3. The Balaban J connectivity index is 1.37. The maximum absolute atomic E-state index is 13.2. The summed E-state index contributed by atoms with van der Waals surface area (Å²) in [7, 11) is 0. The molecule has 0 N–H and O–H groups in total. The van der Waals surface area contributed by atoms with E-state index in [4.69, 9.17) is 9.47 Å². The van der Waals surface area contributed by atoms with Gasteiger partial charge in [0, 0.05) is 6.54 Å². The number of ether oxygens (including phenoxy) is 3. The molecule has 5 rings (SSSR count). The van der Waals surface area contributed by atoms with Crippen molar-refractivity contribution < 1.29 is 32.2 Å². The van der Waals surface area contributed by atoms with Crippen molar-refractivity contribution in [3.8, 4) is 5.75 Å². The lowest BCUT2D eigenvalue weighted by molar-refractivity contribution is -0.354. The van der Waals surface area contributed by atoms with E-state index in [1.54, 1.807) is 4.90 Å². The molecule has 1 aromatic carbocycles. The predicted octanol–water partition coefficient (Wildman–Crippen LogP) is 6.69. The van der Waals surface area contributed by atoms with Crippen LogP contribution in [0.15, 0.2) is 18.2 Å². The summed E-state index contributed by atoms with van der Waals surface area (Å²) in [5, 5.41) is 0. The Labute approximate surface area is 211 Å². The van der Waals surface area contributed by atoms with Gasteiger partial charge in [-0.05, 0) is 91.4 Å². The normalized spacial score (nSPS) is 36.1. The number of nitrogens with zero attached hydrogens (tertiary/aromatic N) is 1. The summed E-state index contributed by atoms with van der Waals surface area (Å²) in [4.78, 5) is 14.4. The zero-order chi connectivity index (χ0) is 25.7. The lowest BCUT2D eigenvalue weighted by Gasteiger charge is -2.53. The molecule has 1 heterocycles. The molecule has 36 heavy (non-hydrogen) atoms. The molecule has 3 fully saturated rings. The number of alkyl halides is 3. The highest BCUT2D eigenvalue weighted by Gasteiger charge is 2.59. The number of carbonyl (C=O) groups excluding carboxylic acids is 1. The van der Waals surface area contributed by atoms with Gasteiger partial charge in [0.05, 0.1) is 25.4 Å². The lowest BCUT2D eigenvalue weighted by Crippen LogP contribution is -2.48. The van der Waals surface area contributed by atoms with Gasteiger partial charge in [-0.15, -0.1) is 13.2 Å². The van der Waals surface area contributed by atoms with Gasteiger partial charge in [0.25, 0.3) is 0 Å². The first-order valence-electron chi connectivity index (χ1n) is 13.5. The molecular formula is C28H38F3NO4. The Hall–Kier alpha value is -1.80. The summed E-state index contributed by atoms with van der Waals surface area (Å²) in [5.41, 5.74) is 2.07. The van der Waals surface area contributed by atoms with Crippen molar-refractivity contribution >= 4 is 6.09 Å². The van der Waals surface area contributed by atoms with Crippen LogP contribution in [-0.4, -0.2) is 49.3 Å². The van der Waals surface area contributed by atoms with Crippen LogP contribution >= 0.6 is 0 Å². The van der Waals surface area contributed by atoms with E-state index in [1.165, 1.54) is 11.1 Å². The van der Waals surface area contributed by atoms with Gasteiger partial charge >= 0.3 is 12.5 Å². The SMILES string of the molecule is CCCC1Cc2cc(OC(=O)N3CCOC(C)C3)ccc2C2CCC3(C)C(OC(F)(F)F)CCC3C12. The molecule has 1 aliphatic heterocycles. The second-order valence-corrected chi connectivity index (χ2v) is 11.6. The molecular weight excluding hydrogens is 471 g/mol. The van der Waals surface area contributed by atoms with Gasteiger partial charge in [0.2, 0.25) is 0 Å². The topological polar surface area (TPSA) is 48.0 Å². The van der Waals surface area contributed by atoms with Crippen LogP contribution in [0.2, 0.25) is 0 Å².